The van der Waals surface area contributed by atoms with Crippen LogP contribution in [0.5, 0.6) is 0 Å². The first-order chi connectivity index (χ1) is 8.54. The van der Waals surface area contributed by atoms with E-state index in [9.17, 15) is 0 Å². The lowest BCUT2D eigenvalue weighted by Crippen LogP contribution is -2.06. The summed E-state index contributed by atoms with van der Waals surface area (Å²) in [6, 6.07) is 5.94. The van der Waals surface area contributed by atoms with Gasteiger partial charge in [0.1, 0.15) is 0 Å². The monoisotopic (exact) mass is 281 g/mol. The molecule has 2 aromatic heterocycles. The van der Waals surface area contributed by atoms with Gasteiger partial charge in [-0.15, -0.1) is 11.3 Å². The van der Waals surface area contributed by atoms with Gasteiger partial charge in [-0.2, -0.15) is 0 Å². The molecule has 5 heteroatoms. The van der Waals surface area contributed by atoms with E-state index in [1.807, 2.05) is 25.1 Å². The Morgan fingerprint density at radius 1 is 1.33 bits per heavy atom. The van der Waals surface area contributed by atoms with Gasteiger partial charge in [0.25, 0.3) is 0 Å². The first kappa shape index (κ1) is 13.3. The van der Waals surface area contributed by atoms with Crippen LogP contribution < -0.4 is 5.32 Å². The summed E-state index contributed by atoms with van der Waals surface area (Å²) in [5.41, 5.74) is 2.05. The van der Waals surface area contributed by atoms with Crippen molar-refractivity contribution in [3.8, 4) is 0 Å². The largest absolute Gasteiger partial charge is 0.349 e. The fourth-order valence-corrected chi connectivity index (χ4v) is 2.61. The van der Waals surface area contributed by atoms with Crippen molar-refractivity contribution in [3.05, 3.63) is 38.8 Å². The third-order valence-electron chi connectivity index (χ3n) is 2.52. The van der Waals surface area contributed by atoms with Gasteiger partial charge in [-0.1, -0.05) is 25.4 Å². The molecule has 0 saturated heterocycles. The van der Waals surface area contributed by atoms with Crippen LogP contribution in [0, 0.1) is 6.92 Å². The smallest absolute Gasteiger partial charge is 0.223 e. The highest BCUT2D eigenvalue weighted by Gasteiger charge is 2.06. The predicted octanol–water partition coefficient (Wildman–Crippen LogP) is 4.24. The lowest BCUT2D eigenvalue weighted by molar-refractivity contribution is 0.808. The van der Waals surface area contributed by atoms with E-state index in [2.05, 4.69) is 29.1 Å². The molecular weight excluding hydrogens is 266 g/mol. The minimum Gasteiger partial charge on any atom is -0.349 e. The number of aryl methyl sites for hydroxylation is 1. The number of hydrogen-bond acceptors (Lipinski definition) is 4. The van der Waals surface area contributed by atoms with E-state index in [1.165, 1.54) is 4.88 Å². The second-order valence-corrected chi connectivity index (χ2v) is 6.27. The van der Waals surface area contributed by atoms with Crippen molar-refractivity contribution >= 4 is 28.9 Å². The summed E-state index contributed by atoms with van der Waals surface area (Å²) in [5, 5.41) is 3.24. The van der Waals surface area contributed by atoms with Crippen LogP contribution in [0.15, 0.2) is 18.2 Å². The number of thiophene rings is 1. The molecule has 0 aromatic carbocycles. The SMILES string of the molecule is Cc1cc(C(C)C)nc(NCc2ccc(Cl)s2)n1. The summed E-state index contributed by atoms with van der Waals surface area (Å²) in [6.45, 7) is 6.95. The van der Waals surface area contributed by atoms with E-state index in [4.69, 9.17) is 11.6 Å². The number of nitrogens with zero attached hydrogens (tertiary/aromatic N) is 2. The maximum absolute atomic E-state index is 5.89. The quantitative estimate of drug-likeness (QED) is 0.911. The van der Waals surface area contributed by atoms with Gasteiger partial charge in [0.2, 0.25) is 5.95 Å². The molecule has 0 aliphatic heterocycles. The van der Waals surface area contributed by atoms with E-state index in [-0.39, 0.29) is 0 Å². The number of rotatable bonds is 4. The molecule has 1 N–H and O–H groups in total. The molecule has 0 unspecified atom stereocenters. The van der Waals surface area contributed by atoms with Gasteiger partial charge in [0, 0.05) is 16.3 Å². The maximum atomic E-state index is 5.89. The molecule has 18 heavy (non-hydrogen) atoms. The summed E-state index contributed by atoms with van der Waals surface area (Å²) in [4.78, 5) is 10.1. The van der Waals surface area contributed by atoms with E-state index in [1.54, 1.807) is 11.3 Å². The summed E-state index contributed by atoms with van der Waals surface area (Å²) in [7, 11) is 0. The highest BCUT2D eigenvalue weighted by Crippen LogP contribution is 2.22. The molecular formula is C13H16ClN3S. The van der Waals surface area contributed by atoms with Crippen LogP contribution >= 0.6 is 22.9 Å². The van der Waals surface area contributed by atoms with Crippen molar-refractivity contribution in [1.82, 2.24) is 9.97 Å². The van der Waals surface area contributed by atoms with Crippen LogP contribution in [0.2, 0.25) is 4.34 Å². The average Bonchev–Trinajstić information content (AvgIpc) is 2.72. The molecule has 3 nitrogen and oxygen atoms in total. The predicted molar refractivity (Wildman–Crippen MR) is 77.5 cm³/mol. The summed E-state index contributed by atoms with van der Waals surface area (Å²) < 4.78 is 0.805. The second kappa shape index (κ2) is 5.67. The van der Waals surface area contributed by atoms with E-state index in [0.717, 1.165) is 15.7 Å². The number of hydrogen-bond donors (Lipinski definition) is 1. The first-order valence-electron chi connectivity index (χ1n) is 5.88. The molecule has 2 heterocycles. The molecule has 2 rings (SSSR count). The molecule has 0 aliphatic rings. The van der Waals surface area contributed by atoms with Gasteiger partial charge in [0.15, 0.2) is 0 Å². The van der Waals surface area contributed by atoms with Crippen molar-refractivity contribution in [3.63, 3.8) is 0 Å². The van der Waals surface area contributed by atoms with Crippen LogP contribution in [0.1, 0.15) is 36.0 Å². The minimum atomic E-state index is 0.406. The summed E-state index contributed by atoms with van der Waals surface area (Å²) in [5.74, 6) is 1.09. The standard InChI is InChI=1S/C13H16ClN3S/c1-8(2)11-6-9(3)16-13(17-11)15-7-10-4-5-12(14)18-10/h4-6,8H,7H2,1-3H3,(H,15,16,17). The third-order valence-corrected chi connectivity index (χ3v) is 3.75. The van der Waals surface area contributed by atoms with E-state index < -0.39 is 0 Å². The number of aromatic nitrogens is 2. The Balaban J connectivity index is 2.09. The Kier molecular flexibility index (Phi) is 4.19. The normalized spacial score (nSPS) is 10.9. The molecule has 0 radical (unpaired) electrons. The third kappa shape index (κ3) is 3.43. The van der Waals surface area contributed by atoms with Gasteiger partial charge in [-0.05, 0) is 31.0 Å². The Labute approximate surface area is 116 Å². The fourth-order valence-electron chi connectivity index (χ4n) is 1.58. The van der Waals surface area contributed by atoms with Gasteiger partial charge in [0.05, 0.1) is 10.9 Å². The molecule has 0 aliphatic carbocycles. The Morgan fingerprint density at radius 2 is 2.11 bits per heavy atom. The van der Waals surface area contributed by atoms with Crippen molar-refractivity contribution in [2.24, 2.45) is 0 Å². The molecule has 0 bridgehead atoms. The lowest BCUT2D eigenvalue weighted by atomic mass is 10.1. The lowest BCUT2D eigenvalue weighted by Gasteiger charge is -2.09. The number of nitrogens with one attached hydrogen (secondary N) is 1. The molecule has 96 valence electrons. The zero-order valence-corrected chi connectivity index (χ0v) is 12.3. The average molecular weight is 282 g/mol. The Morgan fingerprint density at radius 3 is 2.72 bits per heavy atom. The van der Waals surface area contributed by atoms with Crippen molar-refractivity contribution in [2.75, 3.05) is 5.32 Å². The van der Waals surface area contributed by atoms with Crippen LogP contribution in [0.25, 0.3) is 0 Å². The van der Waals surface area contributed by atoms with Gasteiger partial charge in [-0.25, -0.2) is 9.97 Å². The summed E-state index contributed by atoms with van der Waals surface area (Å²) >= 11 is 7.46. The van der Waals surface area contributed by atoms with Gasteiger partial charge >= 0.3 is 0 Å². The van der Waals surface area contributed by atoms with Crippen molar-refractivity contribution < 1.29 is 0 Å². The zero-order valence-electron chi connectivity index (χ0n) is 10.7. The molecule has 0 atom stereocenters. The van der Waals surface area contributed by atoms with Crippen LogP contribution in [-0.4, -0.2) is 9.97 Å². The zero-order chi connectivity index (χ0) is 13.1. The highest BCUT2D eigenvalue weighted by molar-refractivity contribution is 7.16. The topological polar surface area (TPSA) is 37.8 Å². The highest BCUT2D eigenvalue weighted by atomic mass is 35.5. The van der Waals surface area contributed by atoms with Crippen LogP contribution in [0.4, 0.5) is 5.95 Å². The maximum Gasteiger partial charge on any atom is 0.223 e. The van der Waals surface area contributed by atoms with E-state index >= 15 is 0 Å². The summed E-state index contributed by atoms with van der Waals surface area (Å²) in [6.07, 6.45) is 0. The second-order valence-electron chi connectivity index (χ2n) is 4.47. The number of halogens is 1. The Hall–Kier alpha value is -1.13. The van der Waals surface area contributed by atoms with Crippen molar-refractivity contribution in [1.29, 1.82) is 0 Å². The van der Waals surface area contributed by atoms with Crippen molar-refractivity contribution in [2.45, 2.75) is 33.2 Å². The fraction of sp³-hybridized carbons (Fsp3) is 0.385. The first-order valence-corrected chi connectivity index (χ1v) is 7.07. The van der Waals surface area contributed by atoms with Gasteiger partial charge < -0.3 is 5.32 Å². The molecule has 0 spiro atoms. The molecule has 0 fully saturated rings. The van der Waals surface area contributed by atoms with E-state index in [0.29, 0.717) is 18.4 Å². The molecule has 0 amide bonds. The Bertz CT molecular complexity index is 537. The minimum absolute atomic E-state index is 0.406. The van der Waals surface area contributed by atoms with Crippen LogP contribution in [-0.2, 0) is 6.54 Å². The van der Waals surface area contributed by atoms with Crippen LogP contribution in [0.3, 0.4) is 0 Å². The van der Waals surface area contributed by atoms with Gasteiger partial charge in [-0.3, -0.25) is 0 Å². The number of anilines is 1. The molecule has 2 aromatic rings. The molecule has 0 saturated carbocycles.